The molecule has 18 heavy (non-hydrogen) atoms. The topological polar surface area (TPSA) is 68.0 Å². The molecule has 0 aliphatic heterocycles. The molecule has 0 atom stereocenters. The fourth-order valence-electron chi connectivity index (χ4n) is 1.55. The van der Waals surface area contributed by atoms with Crippen LogP contribution in [0.4, 0.5) is 5.69 Å². The van der Waals surface area contributed by atoms with E-state index < -0.39 is 0 Å². The van der Waals surface area contributed by atoms with Gasteiger partial charge in [-0.1, -0.05) is 0 Å². The molecule has 1 amide bonds. The molecule has 0 aliphatic carbocycles. The zero-order valence-electron chi connectivity index (χ0n) is 9.93. The van der Waals surface area contributed by atoms with Crippen molar-refractivity contribution in [1.29, 1.82) is 0 Å². The van der Waals surface area contributed by atoms with Crippen LogP contribution in [0.25, 0.3) is 0 Å². The van der Waals surface area contributed by atoms with Crippen LogP contribution in [0.3, 0.4) is 0 Å². The van der Waals surface area contributed by atoms with E-state index in [-0.39, 0.29) is 5.91 Å². The average Bonchev–Trinajstić information content (AvgIpc) is 2.85. The number of carbonyl (C=O) groups is 1. The number of pyridine rings is 1. The van der Waals surface area contributed by atoms with E-state index in [0.29, 0.717) is 18.7 Å². The van der Waals surface area contributed by atoms with Gasteiger partial charge in [-0.2, -0.15) is 11.3 Å². The zero-order valence-corrected chi connectivity index (χ0v) is 10.7. The third-order valence-electron chi connectivity index (χ3n) is 2.51. The lowest BCUT2D eigenvalue weighted by Crippen LogP contribution is -2.27. The number of anilines is 1. The highest BCUT2D eigenvalue weighted by Crippen LogP contribution is 2.06. The molecule has 0 radical (unpaired) electrons. The van der Waals surface area contributed by atoms with Gasteiger partial charge in [-0.05, 0) is 40.9 Å². The maximum absolute atomic E-state index is 11.6. The SMILES string of the molecule is Nc1ccc(CC(=O)NCCc2ccsc2)nc1. The molecule has 2 aromatic heterocycles. The minimum absolute atomic E-state index is 0.0116. The van der Waals surface area contributed by atoms with E-state index in [2.05, 4.69) is 21.7 Å². The molecule has 2 rings (SSSR count). The second-order valence-corrected chi connectivity index (χ2v) is 4.77. The number of hydrogen-bond acceptors (Lipinski definition) is 4. The van der Waals surface area contributed by atoms with Crippen molar-refractivity contribution in [1.82, 2.24) is 10.3 Å². The first-order chi connectivity index (χ1) is 8.74. The van der Waals surface area contributed by atoms with Crippen LogP contribution in [-0.4, -0.2) is 17.4 Å². The quantitative estimate of drug-likeness (QED) is 0.859. The van der Waals surface area contributed by atoms with Crippen molar-refractivity contribution in [3.8, 4) is 0 Å². The highest BCUT2D eigenvalue weighted by molar-refractivity contribution is 7.07. The van der Waals surface area contributed by atoms with Gasteiger partial charge in [0.2, 0.25) is 5.91 Å². The predicted molar refractivity (Wildman–Crippen MR) is 73.4 cm³/mol. The van der Waals surface area contributed by atoms with Crippen LogP contribution in [0.1, 0.15) is 11.3 Å². The summed E-state index contributed by atoms with van der Waals surface area (Å²) in [5, 5.41) is 7.01. The first-order valence-corrected chi connectivity index (χ1v) is 6.66. The van der Waals surface area contributed by atoms with E-state index >= 15 is 0 Å². The second-order valence-electron chi connectivity index (χ2n) is 3.99. The number of nitrogens with zero attached hydrogens (tertiary/aromatic N) is 1. The van der Waals surface area contributed by atoms with Gasteiger partial charge in [0.05, 0.1) is 18.3 Å². The number of nitrogens with one attached hydrogen (secondary N) is 1. The molecule has 0 fully saturated rings. The standard InChI is InChI=1S/C13H15N3OS/c14-11-1-2-12(16-8-11)7-13(17)15-5-3-10-4-6-18-9-10/h1-2,4,6,8-9H,3,5,7,14H2,(H,15,17). The maximum atomic E-state index is 11.6. The Labute approximate surface area is 110 Å². The monoisotopic (exact) mass is 261 g/mol. The number of thiophene rings is 1. The normalized spacial score (nSPS) is 10.2. The van der Waals surface area contributed by atoms with Gasteiger partial charge in [-0.3, -0.25) is 9.78 Å². The van der Waals surface area contributed by atoms with Gasteiger partial charge < -0.3 is 11.1 Å². The Bertz CT molecular complexity index is 493. The second kappa shape index (κ2) is 6.16. The average molecular weight is 261 g/mol. The molecule has 5 heteroatoms. The summed E-state index contributed by atoms with van der Waals surface area (Å²) in [6.45, 7) is 0.657. The number of rotatable bonds is 5. The fraction of sp³-hybridized carbons (Fsp3) is 0.231. The molecular weight excluding hydrogens is 246 g/mol. The Morgan fingerprint density at radius 3 is 2.94 bits per heavy atom. The van der Waals surface area contributed by atoms with E-state index in [9.17, 15) is 4.79 Å². The molecule has 2 heterocycles. The Morgan fingerprint density at radius 2 is 2.28 bits per heavy atom. The molecule has 0 unspecified atom stereocenters. The largest absolute Gasteiger partial charge is 0.397 e. The van der Waals surface area contributed by atoms with Crippen molar-refractivity contribution in [2.24, 2.45) is 0 Å². The van der Waals surface area contributed by atoms with E-state index in [1.165, 1.54) is 5.56 Å². The van der Waals surface area contributed by atoms with Crippen LogP contribution in [0.2, 0.25) is 0 Å². The Kier molecular flexibility index (Phi) is 4.30. The number of nitrogens with two attached hydrogens (primary N) is 1. The first-order valence-electron chi connectivity index (χ1n) is 5.72. The highest BCUT2D eigenvalue weighted by Gasteiger charge is 2.04. The minimum atomic E-state index is -0.0116. The molecule has 4 nitrogen and oxygen atoms in total. The van der Waals surface area contributed by atoms with Gasteiger partial charge in [0, 0.05) is 12.2 Å². The molecule has 0 spiro atoms. The van der Waals surface area contributed by atoms with Crippen LogP contribution in [0, 0.1) is 0 Å². The maximum Gasteiger partial charge on any atom is 0.226 e. The smallest absolute Gasteiger partial charge is 0.226 e. The Hall–Kier alpha value is -1.88. The van der Waals surface area contributed by atoms with Crippen molar-refractivity contribution in [2.75, 3.05) is 12.3 Å². The third-order valence-corrected chi connectivity index (χ3v) is 3.24. The highest BCUT2D eigenvalue weighted by atomic mass is 32.1. The Morgan fingerprint density at radius 1 is 1.39 bits per heavy atom. The summed E-state index contributed by atoms with van der Waals surface area (Å²) in [6.07, 6.45) is 2.72. The van der Waals surface area contributed by atoms with Crippen molar-refractivity contribution in [2.45, 2.75) is 12.8 Å². The predicted octanol–water partition coefficient (Wildman–Crippen LogP) is 1.63. The third kappa shape index (κ3) is 3.85. The molecule has 0 saturated heterocycles. The summed E-state index contributed by atoms with van der Waals surface area (Å²) in [4.78, 5) is 15.7. The lowest BCUT2D eigenvalue weighted by molar-refractivity contribution is -0.120. The van der Waals surface area contributed by atoms with Crippen molar-refractivity contribution < 1.29 is 4.79 Å². The number of aromatic nitrogens is 1. The molecule has 0 saturated carbocycles. The molecule has 0 aromatic carbocycles. The fourth-order valence-corrected chi connectivity index (χ4v) is 2.25. The van der Waals surface area contributed by atoms with Crippen LogP contribution < -0.4 is 11.1 Å². The lowest BCUT2D eigenvalue weighted by Gasteiger charge is -2.04. The summed E-state index contributed by atoms with van der Waals surface area (Å²) in [5.74, 6) is -0.0116. The lowest BCUT2D eigenvalue weighted by atomic mass is 10.2. The van der Waals surface area contributed by atoms with Crippen LogP contribution in [0.5, 0.6) is 0 Å². The van der Waals surface area contributed by atoms with Gasteiger partial charge in [0.15, 0.2) is 0 Å². The summed E-state index contributed by atoms with van der Waals surface area (Å²) >= 11 is 1.67. The van der Waals surface area contributed by atoms with Gasteiger partial charge in [0.1, 0.15) is 0 Å². The number of hydrogen-bond donors (Lipinski definition) is 2. The van der Waals surface area contributed by atoms with Crippen molar-refractivity contribution in [3.05, 3.63) is 46.4 Å². The minimum Gasteiger partial charge on any atom is -0.397 e. The molecule has 3 N–H and O–H groups in total. The van der Waals surface area contributed by atoms with Crippen LogP contribution in [-0.2, 0) is 17.6 Å². The van der Waals surface area contributed by atoms with Gasteiger partial charge in [0.25, 0.3) is 0 Å². The summed E-state index contributed by atoms with van der Waals surface area (Å²) < 4.78 is 0. The summed E-state index contributed by atoms with van der Waals surface area (Å²) in [6, 6.07) is 5.59. The first kappa shape index (κ1) is 12.6. The van der Waals surface area contributed by atoms with Gasteiger partial charge >= 0.3 is 0 Å². The number of nitrogen functional groups attached to an aromatic ring is 1. The number of carbonyl (C=O) groups excluding carboxylic acids is 1. The summed E-state index contributed by atoms with van der Waals surface area (Å²) in [7, 11) is 0. The van der Waals surface area contributed by atoms with Gasteiger partial charge in [-0.15, -0.1) is 0 Å². The molecule has 94 valence electrons. The molecular formula is C13H15N3OS. The van der Waals surface area contributed by atoms with Crippen LogP contribution in [0.15, 0.2) is 35.2 Å². The zero-order chi connectivity index (χ0) is 12.8. The van der Waals surface area contributed by atoms with Crippen molar-refractivity contribution >= 4 is 22.9 Å². The van der Waals surface area contributed by atoms with E-state index in [0.717, 1.165) is 12.1 Å². The summed E-state index contributed by atoms with van der Waals surface area (Å²) in [5.41, 5.74) is 8.13. The molecule has 0 aliphatic rings. The Balaban J connectivity index is 1.73. The van der Waals surface area contributed by atoms with E-state index in [1.54, 1.807) is 29.7 Å². The van der Waals surface area contributed by atoms with Gasteiger partial charge in [-0.25, -0.2) is 0 Å². The van der Waals surface area contributed by atoms with Crippen LogP contribution >= 0.6 is 11.3 Å². The number of amides is 1. The van der Waals surface area contributed by atoms with Crippen molar-refractivity contribution in [3.63, 3.8) is 0 Å². The van der Waals surface area contributed by atoms with E-state index in [1.807, 2.05) is 5.38 Å². The van der Waals surface area contributed by atoms with E-state index in [4.69, 9.17) is 5.73 Å². The molecule has 2 aromatic rings. The molecule has 0 bridgehead atoms.